The van der Waals surface area contributed by atoms with Crippen LogP contribution >= 0.6 is 0 Å². The molecule has 0 aromatic heterocycles. The fraction of sp³-hybridized carbons (Fsp3) is 0.462. The van der Waals surface area contributed by atoms with Crippen LogP contribution in [0.25, 0.3) is 0 Å². The molecule has 0 N–H and O–H groups in total. The van der Waals surface area contributed by atoms with E-state index in [0.717, 1.165) is 18.5 Å². The van der Waals surface area contributed by atoms with Crippen LogP contribution in [-0.2, 0) is 4.74 Å². The van der Waals surface area contributed by atoms with Crippen molar-refractivity contribution in [3.05, 3.63) is 35.9 Å². The first-order chi connectivity index (χ1) is 7.79. The molecule has 0 fully saturated rings. The van der Waals surface area contributed by atoms with Gasteiger partial charge in [0.1, 0.15) is 0 Å². The van der Waals surface area contributed by atoms with E-state index >= 15 is 0 Å². The molecule has 16 heavy (non-hydrogen) atoms. The van der Waals surface area contributed by atoms with E-state index in [1.165, 1.54) is 0 Å². The van der Waals surface area contributed by atoms with Crippen LogP contribution in [0.5, 0.6) is 0 Å². The summed E-state index contributed by atoms with van der Waals surface area (Å²) in [5.74, 6) is 0.0829. The van der Waals surface area contributed by atoms with Gasteiger partial charge in [0.05, 0.1) is 6.61 Å². The highest BCUT2D eigenvalue weighted by molar-refractivity contribution is 5.94. The summed E-state index contributed by atoms with van der Waals surface area (Å²) in [7, 11) is 1.65. The van der Waals surface area contributed by atoms with E-state index in [1.807, 2.05) is 35.2 Å². The minimum atomic E-state index is 0.0829. The Bertz CT molecular complexity index is 311. The van der Waals surface area contributed by atoms with Gasteiger partial charge in [-0.1, -0.05) is 25.1 Å². The van der Waals surface area contributed by atoms with Gasteiger partial charge in [-0.05, 0) is 18.6 Å². The summed E-state index contributed by atoms with van der Waals surface area (Å²) in [6, 6.07) is 9.37. The summed E-state index contributed by atoms with van der Waals surface area (Å²) in [4.78, 5) is 13.9. The Kier molecular flexibility index (Phi) is 5.57. The molecule has 3 heteroatoms. The van der Waals surface area contributed by atoms with Crippen molar-refractivity contribution in [1.82, 2.24) is 4.90 Å². The molecular weight excluding hydrogens is 202 g/mol. The number of ether oxygens (including phenoxy) is 1. The van der Waals surface area contributed by atoms with Crippen molar-refractivity contribution >= 4 is 5.91 Å². The summed E-state index contributed by atoms with van der Waals surface area (Å²) in [6.45, 7) is 4.08. The van der Waals surface area contributed by atoms with Gasteiger partial charge in [-0.15, -0.1) is 0 Å². The van der Waals surface area contributed by atoms with Crippen LogP contribution in [0.4, 0.5) is 0 Å². The molecule has 1 amide bonds. The van der Waals surface area contributed by atoms with Gasteiger partial charge < -0.3 is 9.64 Å². The monoisotopic (exact) mass is 221 g/mol. The molecule has 1 rings (SSSR count). The molecule has 0 aliphatic carbocycles. The quantitative estimate of drug-likeness (QED) is 0.737. The minimum Gasteiger partial charge on any atom is -0.383 e. The predicted molar refractivity (Wildman–Crippen MR) is 64.5 cm³/mol. The fourth-order valence-electron chi connectivity index (χ4n) is 1.55. The molecule has 0 saturated heterocycles. The van der Waals surface area contributed by atoms with Gasteiger partial charge in [-0.2, -0.15) is 0 Å². The van der Waals surface area contributed by atoms with E-state index in [9.17, 15) is 4.79 Å². The van der Waals surface area contributed by atoms with Crippen LogP contribution in [0.1, 0.15) is 23.7 Å². The first kappa shape index (κ1) is 12.7. The molecule has 3 nitrogen and oxygen atoms in total. The highest BCUT2D eigenvalue weighted by atomic mass is 16.5. The van der Waals surface area contributed by atoms with Crippen molar-refractivity contribution in [2.75, 3.05) is 26.8 Å². The van der Waals surface area contributed by atoms with Gasteiger partial charge >= 0.3 is 0 Å². The van der Waals surface area contributed by atoms with Crippen molar-refractivity contribution in [3.63, 3.8) is 0 Å². The second-order valence-corrected chi connectivity index (χ2v) is 3.65. The number of nitrogens with zero attached hydrogens (tertiary/aromatic N) is 1. The van der Waals surface area contributed by atoms with E-state index in [1.54, 1.807) is 7.11 Å². The maximum atomic E-state index is 12.1. The predicted octanol–water partition coefficient (Wildman–Crippen LogP) is 2.19. The number of carbonyl (C=O) groups excluding carboxylic acids is 1. The highest BCUT2D eigenvalue weighted by Crippen LogP contribution is 2.05. The Morgan fingerprint density at radius 2 is 1.94 bits per heavy atom. The molecule has 0 spiro atoms. The summed E-state index contributed by atoms with van der Waals surface area (Å²) >= 11 is 0. The van der Waals surface area contributed by atoms with Crippen molar-refractivity contribution in [3.8, 4) is 0 Å². The zero-order valence-electron chi connectivity index (χ0n) is 9.98. The van der Waals surface area contributed by atoms with Crippen molar-refractivity contribution in [2.45, 2.75) is 13.3 Å². The van der Waals surface area contributed by atoms with Crippen molar-refractivity contribution in [2.24, 2.45) is 0 Å². The summed E-state index contributed by atoms with van der Waals surface area (Å²) in [6.07, 6.45) is 0.961. The lowest BCUT2D eigenvalue weighted by atomic mass is 10.2. The van der Waals surface area contributed by atoms with Gasteiger partial charge in [0.2, 0.25) is 0 Å². The molecule has 0 saturated carbocycles. The number of hydrogen-bond acceptors (Lipinski definition) is 2. The normalized spacial score (nSPS) is 10.1. The SMILES string of the molecule is CCCN(CCOC)C(=O)c1ccccc1. The van der Waals surface area contributed by atoms with Crippen molar-refractivity contribution < 1.29 is 9.53 Å². The number of hydrogen-bond donors (Lipinski definition) is 0. The summed E-state index contributed by atoms with van der Waals surface area (Å²) < 4.78 is 5.01. The number of carbonyl (C=O) groups is 1. The number of amides is 1. The summed E-state index contributed by atoms with van der Waals surface area (Å²) in [5, 5.41) is 0. The van der Waals surface area contributed by atoms with Crippen molar-refractivity contribution in [1.29, 1.82) is 0 Å². The van der Waals surface area contributed by atoms with E-state index in [-0.39, 0.29) is 5.91 Å². The third-order valence-electron chi connectivity index (χ3n) is 2.37. The van der Waals surface area contributed by atoms with E-state index in [2.05, 4.69) is 6.92 Å². The number of rotatable bonds is 6. The maximum absolute atomic E-state index is 12.1. The van der Waals surface area contributed by atoms with E-state index in [4.69, 9.17) is 4.74 Å². The molecule has 88 valence electrons. The standard InChI is InChI=1S/C13H19NO2/c1-3-9-14(10-11-16-2)13(15)12-7-5-4-6-8-12/h4-8H,3,9-11H2,1-2H3. The Morgan fingerprint density at radius 1 is 1.25 bits per heavy atom. The van der Waals surface area contributed by atoms with Gasteiger partial charge in [0.25, 0.3) is 5.91 Å². The molecule has 0 unspecified atom stereocenters. The molecular formula is C13H19NO2. The lowest BCUT2D eigenvalue weighted by molar-refractivity contribution is 0.0695. The third kappa shape index (κ3) is 3.66. The molecule has 1 aromatic rings. The average Bonchev–Trinajstić information content (AvgIpc) is 2.35. The Morgan fingerprint density at radius 3 is 2.50 bits per heavy atom. The van der Waals surface area contributed by atoms with Gasteiger partial charge in [0.15, 0.2) is 0 Å². The second kappa shape index (κ2) is 7.01. The Labute approximate surface area is 97.0 Å². The van der Waals surface area contributed by atoms with E-state index < -0.39 is 0 Å². The van der Waals surface area contributed by atoms with Gasteiger partial charge in [0, 0.05) is 25.8 Å². The first-order valence-corrected chi connectivity index (χ1v) is 5.62. The largest absolute Gasteiger partial charge is 0.383 e. The second-order valence-electron chi connectivity index (χ2n) is 3.65. The van der Waals surface area contributed by atoms with Crippen LogP contribution < -0.4 is 0 Å². The molecule has 0 heterocycles. The van der Waals surface area contributed by atoms with Crippen LogP contribution in [0.3, 0.4) is 0 Å². The van der Waals surface area contributed by atoms with Crippen LogP contribution in [0.2, 0.25) is 0 Å². The number of benzene rings is 1. The first-order valence-electron chi connectivity index (χ1n) is 5.62. The van der Waals surface area contributed by atoms with Crippen LogP contribution in [-0.4, -0.2) is 37.6 Å². The number of methoxy groups -OCH3 is 1. The fourth-order valence-corrected chi connectivity index (χ4v) is 1.55. The minimum absolute atomic E-state index is 0.0829. The van der Waals surface area contributed by atoms with Crippen LogP contribution in [0.15, 0.2) is 30.3 Å². The Balaban J connectivity index is 2.67. The smallest absolute Gasteiger partial charge is 0.253 e. The molecule has 1 aromatic carbocycles. The van der Waals surface area contributed by atoms with E-state index in [0.29, 0.717) is 13.2 Å². The Hall–Kier alpha value is -1.35. The molecule has 0 aliphatic heterocycles. The molecule has 0 bridgehead atoms. The zero-order valence-corrected chi connectivity index (χ0v) is 9.98. The molecule has 0 atom stereocenters. The lowest BCUT2D eigenvalue weighted by Gasteiger charge is -2.21. The van der Waals surface area contributed by atoms with Gasteiger partial charge in [-0.25, -0.2) is 0 Å². The lowest BCUT2D eigenvalue weighted by Crippen LogP contribution is -2.34. The highest BCUT2D eigenvalue weighted by Gasteiger charge is 2.13. The maximum Gasteiger partial charge on any atom is 0.253 e. The third-order valence-corrected chi connectivity index (χ3v) is 2.37. The van der Waals surface area contributed by atoms with Gasteiger partial charge in [-0.3, -0.25) is 4.79 Å². The average molecular weight is 221 g/mol. The molecule has 0 radical (unpaired) electrons. The molecule has 0 aliphatic rings. The topological polar surface area (TPSA) is 29.5 Å². The van der Waals surface area contributed by atoms with Crippen LogP contribution in [0, 0.1) is 0 Å². The zero-order chi connectivity index (χ0) is 11.8. The summed E-state index contributed by atoms with van der Waals surface area (Å²) in [5.41, 5.74) is 0.743.